The van der Waals surface area contributed by atoms with Crippen molar-refractivity contribution in [1.29, 1.82) is 0 Å². The van der Waals surface area contributed by atoms with Gasteiger partial charge in [0.25, 0.3) is 0 Å². The predicted molar refractivity (Wildman–Crippen MR) is 66.4 cm³/mol. The summed E-state index contributed by atoms with van der Waals surface area (Å²) in [4.78, 5) is 10.9. The Bertz CT molecular complexity index is 375. The van der Waals surface area contributed by atoms with E-state index in [4.69, 9.17) is 9.84 Å². The molecule has 0 aliphatic rings. The Hall–Kier alpha value is -1.16. The lowest BCUT2D eigenvalue weighted by Gasteiger charge is -2.09. The zero-order valence-electron chi connectivity index (χ0n) is 9.69. The van der Waals surface area contributed by atoms with Crippen LogP contribution in [0.3, 0.4) is 0 Å². The molecule has 16 heavy (non-hydrogen) atoms. The minimum absolute atomic E-state index is 0.209. The van der Waals surface area contributed by atoms with Crippen molar-refractivity contribution in [3.05, 3.63) is 29.3 Å². The molecule has 3 nitrogen and oxygen atoms in total. The number of ether oxygens (including phenoxy) is 1. The van der Waals surface area contributed by atoms with Crippen molar-refractivity contribution in [2.75, 3.05) is 7.11 Å². The number of benzene rings is 1. The minimum atomic E-state index is -0.958. The summed E-state index contributed by atoms with van der Waals surface area (Å²) in [6.07, 6.45) is 0. The van der Waals surface area contributed by atoms with Crippen LogP contribution in [0.15, 0.2) is 18.2 Å². The van der Waals surface area contributed by atoms with Gasteiger partial charge in [-0.1, -0.05) is 19.9 Å². The van der Waals surface area contributed by atoms with E-state index < -0.39 is 5.97 Å². The van der Waals surface area contributed by atoms with Gasteiger partial charge < -0.3 is 9.84 Å². The van der Waals surface area contributed by atoms with Gasteiger partial charge in [-0.3, -0.25) is 0 Å². The summed E-state index contributed by atoms with van der Waals surface area (Å²) < 4.78 is 5.06. The number of carboxylic acids is 1. The molecule has 0 saturated carbocycles. The zero-order valence-corrected chi connectivity index (χ0v) is 10.5. The van der Waals surface area contributed by atoms with Crippen LogP contribution in [0.2, 0.25) is 0 Å². The van der Waals surface area contributed by atoms with Gasteiger partial charge in [-0.15, -0.1) is 0 Å². The van der Waals surface area contributed by atoms with Crippen LogP contribution in [0.4, 0.5) is 0 Å². The highest BCUT2D eigenvalue weighted by Gasteiger charge is 2.11. The maximum Gasteiger partial charge on any atom is 0.339 e. The third kappa shape index (κ3) is 3.45. The fourth-order valence-electron chi connectivity index (χ4n) is 1.26. The molecule has 0 unspecified atom stereocenters. The summed E-state index contributed by atoms with van der Waals surface area (Å²) >= 11 is 1.81. The van der Waals surface area contributed by atoms with Crippen molar-refractivity contribution >= 4 is 17.7 Å². The molecule has 1 N–H and O–H groups in total. The number of rotatable bonds is 5. The highest BCUT2D eigenvalue weighted by molar-refractivity contribution is 7.99. The van der Waals surface area contributed by atoms with E-state index in [0.29, 0.717) is 11.0 Å². The Labute approximate surface area is 99.8 Å². The van der Waals surface area contributed by atoms with E-state index in [1.54, 1.807) is 12.1 Å². The summed E-state index contributed by atoms with van der Waals surface area (Å²) in [5, 5.41) is 9.48. The SMILES string of the molecule is COc1cc(CSC(C)C)ccc1C(=O)O. The summed E-state index contributed by atoms with van der Waals surface area (Å²) in [6.45, 7) is 4.26. The predicted octanol–water partition coefficient (Wildman–Crippen LogP) is 3.04. The van der Waals surface area contributed by atoms with Gasteiger partial charge in [0, 0.05) is 5.75 Å². The number of methoxy groups -OCH3 is 1. The molecule has 0 atom stereocenters. The number of thioether (sulfide) groups is 1. The number of hydrogen-bond acceptors (Lipinski definition) is 3. The maximum absolute atomic E-state index is 10.9. The van der Waals surface area contributed by atoms with Gasteiger partial charge in [-0.05, 0) is 22.9 Å². The Balaban J connectivity index is 2.86. The van der Waals surface area contributed by atoms with E-state index >= 15 is 0 Å². The summed E-state index contributed by atoms with van der Waals surface area (Å²) in [5.74, 6) is 0.336. The Morgan fingerprint density at radius 1 is 1.50 bits per heavy atom. The van der Waals surface area contributed by atoms with E-state index in [2.05, 4.69) is 13.8 Å². The molecule has 1 rings (SSSR count). The van der Waals surface area contributed by atoms with Crippen LogP contribution in [0.5, 0.6) is 5.75 Å². The first-order valence-corrected chi connectivity index (χ1v) is 6.11. The summed E-state index contributed by atoms with van der Waals surface area (Å²) in [7, 11) is 1.49. The van der Waals surface area contributed by atoms with Crippen LogP contribution < -0.4 is 4.74 Å². The number of carboxylic acid groups (broad SMARTS) is 1. The molecule has 0 heterocycles. The topological polar surface area (TPSA) is 46.5 Å². The van der Waals surface area contributed by atoms with Crippen molar-refractivity contribution < 1.29 is 14.6 Å². The standard InChI is InChI=1S/C12H16O3S/c1-8(2)16-7-9-4-5-10(12(13)14)11(6-9)15-3/h4-6,8H,7H2,1-3H3,(H,13,14). The lowest BCUT2D eigenvalue weighted by atomic mass is 10.1. The molecule has 0 bridgehead atoms. The molecule has 0 amide bonds. The average molecular weight is 240 g/mol. The minimum Gasteiger partial charge on any atom is -0.496 e. The van der Waals surface area contributed by atoms with E-state index in [-0.39, 0.29) is 5.56 Å². The van der Waals surface area contributed by atoms with Crippen LogP contribution in [-0.2, 0) is 5.75 Å². The van der Waals surface area contributed by atoms with Gasteiger partial charge in [0.2, 0.25) is 0 Å². The monoisotopic (exact) mass is 240 g/mol. The molecule has 88 valence electrons. The van der Waals surface area contributed by atoms with Gasteiger partial charge in [0.15, 0.2) is 0 Å². The van der Waals surface area contributed by atoms with Crippen LogP contribution in [0.1, 0.15) is 29.8 Å². The maximum atomic E-state index is 10.9. The van der Waals surface area contributed by atoms with E-state index in [0.717, 1.165) is 11.3 Å². The molecule has 0 radical (unpaired) electrons. The van der Waals surface area contributed by atoms with Gasteiger partial charge in [-0.25, -0.2) is 4.79 Å². The first kappa shape index (κ1) is 12.9. The van der Waals surface area contributed by atoms with Crippen LogP contribution in [0, 0.1) is 0 Å². The van der Waals surface area contributed by atoms with Gasteiger partial charge in [0.05, 0.1) is 7.11 Å². The third-order valence-corrected chi connectivity index (χ3v) is 3.25. The van der Waals surface area contributed by atoms with Crippen molar-refractivity contribution in [3.63, 3.8) is 0 Å². The number of hydrogen-bond donors (Lipinski definition) is 1. The first-order valence-electron chi connectivity index (χ1n) is 5.06. The molecule has 0 aromatic heterocycles. The molecular formula is C12H16O3S. The second kappa shape index (κ2) is 5.80. The van der Waals surface area contributed by atoms with Crippen molar-refractivity contribution in [2.24, 2.45) is 0 Å². The van der Waals surface area contributed by atoms with Crippen LogP contribution >= 0.6 is 11.8 Å². The largest absolute Gasteiger partial charge is 0.496 e. The number of aromatic carboxylic acids is 1. The molecule has 4 heteroatoms. The second-order valence-electron chi connectivity index (χ2n) is 3.70. The second-order valence-corrected chi connectivity index (χ2v) is 5.26. The first-order chi connectivity index (χ1) is 7.54. The summed E-state index contributed by atoms with van der Waals surface area (Å²) in [6, 6.07) is 5.22. The lowest BCUT2D eigenvalue weighted by Crippen LogP contribution is -2.01. The fraction of sp³-hybridized carbons (Fsp3) is 0.417. The number of carbonyl (C=O) groups is 1. The molecule has 0 spiro atoms. The molecular weight excluding hydrogens is 224 g/mol. The molecule has 0 aliphatic heterocycles. The van der Waals surface area contributed by atoms with Crippen LogP contribution in [-0.4, -0.2) is 23.4 Å². The van der Waals surface area contributed by atoms with Gasteiger partial charge in [-0.2, -0.15) is 11.8 Å². The fourth-order valence-corrected chi connectivity index (χ4v) is 1.97. The van der Waals surface area contributed by atoms with Crippen LogP contribution in [0.25, 0.3) is 0 Å². The van der Waals surface area contributed by atoms with E-state index in [1.165, 1.54) is 7.11 Å². The van der Waals surface area contributed by atoms with Crippen molar-refractivity contribution in [3.8, 4) is 5.75 Å². The van der Waals surface area contributed by atoms with E-state index in [1.807, 2.05) is 17.8 Å². The highest BCUT2D eigenvalue weighted by atomic mass is 32.2. The molecule has 0 fully saturated rings. The van der Waals surface area contributed by atoms with Crippen molar-refractivity contribution in [1.82, 2.24) is 0 Å². The van der Waals surface area contributed by atoms with E-state index in [9.17, 15) is 4.79 Å². The third-order valence-electron chi connectivity index (χ3n) is 2.08. The lowest BCUT2D eigenvalue weighted by molar-refractivity contribution is 0.0693. The Morgan fingerprint density at radius 2 is 2.19 bits per heavy atom. The smallest absolute Gasteiger partial charge is 0.339 e. The molecule has 1 aromatic rings. The Kier molecular flexibility index (Phi) is 4.68. The normalized spacial score (nSPS) is 10.5. The summed E-state index contributed by atoms with van der Waals surface area (Å²) in [5.41, 5.74) is 1.29. The molecule has 1 aromatic carbocycles. The zero-order chi connectivity index (χ0) is 12.1. The quantitative estimate of drug-likeness (QED) is 0.859. The molecule has 0 saturated heterocycles. The Morgan fingerprint density at radius 3 is 2.69 bits per heavy atom. The van der Waals surface area contributed by atoms with Crippen molar-refractivity contribution in [2.45, 2.75) is 24.9 Å². The van der Waals surface area contributed by atoms with Gasteiger partial charge in [0.1, 0.15) is 11.3 Å². The highest BCUT2D eigenvalue weighted by Crippen LogP contribution is 2.24. The molecule has 0 aliphatic carbocycles. The average Bonchev–Trinajstić information content (AvgIpc) is 2.25. The van der Waals surface area contributed by atoms with Gasteiger partial charge >= 0.3 is 5.97 Å².